The number of aliphatic hydroxyl groups excluding tert-OH is 2. The second kappa shape index (κ2) is 16.3. The average Bonchev–Trinajstić information content (AvgIpc) is 3.00. The van der Waals surface area contributed by atoms with Crippen molar-refractivity contribution in [3.63, 3.8) is 0 Å². The molecule has 0 unspecified atom stereocenters. The minimum atomic E-state index is -3.18. The molecule has 0 aliphatic carbocycles. The molecule has 0 radical (unpaired) electrons. The number of anilines is 1. The molecule has 3 N–H and O–H groups in total. The lowest BCUT2D eigenvalue weighted by Gasteiger charge is -2.48. The summed E-state index contributed by atoms with van der Waals surface area (Å²) in [6.45, 7) is 0.655. The largest absolute Gasteiger partial charge is 0.396 e. The molecular weight excluding hydrogens is 579 g/mol. The van der Waals surface area contributed by atoms with Crippen LogP contribution in [0.3, 0.4) is 0 Å². The molecule has 0 saturated carbocycles. The summed E-state index contributed by atoms with van der Waals surface area (Å²) in [6, 6.07) is 22.1. The number of aryl methyl sites for hydroxylation is 2. The van der Waals surface area contributed by atoms with Gasteiger partial charge >= 0.3 is 0 Å². The number of amides is 1. The van der Waals surface area contributed by atoms with Gasteiger partial charge in [-0.25, -0.2) is 17.5 Å². The van der Waals surface area contributed by atoms with Crippen LogP contribution in [0.15, 0.2) is 72.8 Å². The molecule has 4 rings (SSSR count). The predicted molar refractivity (Wildman–Crippen MR) is 172 cm³/mol. The van der Waals surface area contributed by atoms with E-state index in [1.165, 1.54) is 17.7 Å². The normalized spacial score (nSPS) is 17.5. The van der Waals surface area contributed by atoms with Crippen molar-refractivity contribution in [1.29, 1.82) is 0 Å². The van der Waals surface area contributed by atoms with Crippen LogP contribution >= 0.6 is 0 Å². The van der Waals surface area contributed by atoms with Gasteiger partial charge in [0, 0.05) is 18.8 Å². The highest BCUT2D eigenvalue weighted by molar-refractivity contribution is 7.88. The summed E-state index contributed by atoms with van der Waals surface area (Å²) in [7, 11) is -3.18. The minimum absolute atomic E-state index is 0.0221. The Morgan fingerprint density at radius 3 is 2.05 bits per heavy atom. The summed E-state index contributed by atoms with van der Waals surface area (Å²) in [5, 5.41) is 19.7. The minimum Gasteiger partial charge on any atom is -0.396 e. The van der Waals surface area contributed by atoms with E-state index >= 15 is 0 Å². The molecule has 0 aromatic heterocycles. The highest BCUT2D eigenvalue weighted by Crippen LogP contribution is 2.46. The summed E-state index contributed by atoms with van der Waals surface area (Å²) in [4.78, 5) is 15.4. The molecule has 3 aromatic rings. The quantitative estimate of drug-likeness (QED) is 0.119. The van der Waals surface area contributed by atoms with Crippen molar-refractivity contribution in [3.05, 3.63) is 101 Å². The number of rotatable bonds is 18. The Morgan fingerprint density at radius 1 is 0.841 bits per heavy atom. The first-order chi connectivity index (χ1) is 21.2. The van der Waals surface area contributed by atoms with Gasteiger partial charge in [0.2, 0.25) is 15.9 Å². The van der Waals surface area contributed by atoms with Crippen LogP contribution in [0, 0.1) is 11.7 Å². The maximum atomic E-state index is 13.6. The third-order valence-corrected chi connectivity index (χ3v) is 9.11. The van der Waals surface area contributed by atoms with Crippen LogP contribution in [0.5, 0.6) is 0 Å². The molecule has 44 heavy (non-hydrogen) atoms. The van der Waals surface area contributed by atoms with Crippen LogP contribution in [-0.4, -0.2) is 43.9 Å². The third kappa shape index (κ3) is 9.69. The molecule has 3 aromatic carbocycles. The summed E-state index contributed by atoms with van der Waals surface area (Å²) < 4.78 is 38.4. The molecule has 7 nitrogen and oxygen atoms in total. The lowest BCUT2D eigenvalue weighted by atomic mass is 9.78. The lowest BCUT2D eigenvalue weighted by Crippen LogP contribution is -2.55. The van der Waals surface area contributed by atoms with E-state index in [4.69, 9.17) is 5.11 Å². The van der Waals surface area contributed by atoms with Gasteiger partial charge in [0.15, 0.2) is 0 Å². The zero-order valence-electron chi connectivity index (χ0n) is 25.5. The van der Waals surface area contributed by atoms with Gasteiger partial charge in [0.05, 0.1) is 24.3 Å². The summed E-state index contributed by atoms with van der Waals surface area (Å²) in [5.41, 5.74) is 4.88. The zero-order valence-corrected chi connectivity index (χ0v) is 26.3. The van der Waals surface area contributed by atoms with Gasteiger partial charge in [0.1, 0.15) is 5.82 Å². The zero-order chi connectivity index (χ0) is 31.5. The highest BCUT2D eigenvalue weighted by atomic mass is 32.2. The summed E-state index contributed by atoms with van der Waals surface area (Å²) in [5.74, 6) is -0.611. The molecule has 1 amide bonds. The Morgan fingerprint density at radius 2 is 1.43 bits per heavy atom. The monoisotopic (exact) mass is 624 g/mol. The van der Waals surface area contributed by atoms with Crippen molar-refractivity contribution in [2.24, 2.45) is 5.92 Å². The molecule has 1 heterocycles. The number of nitrogens with zero attached hydrogens (tertiary/aromatic N) is 1. The average molecular weight is 625 g/mol. The Kier molecular flexibility index (Phi) is 12.5. The van der Waals surface area contributed by atoms with Gasteiger partial charge in [-0.15, -0.1) is 0 Å². The SMILES string of the molecule is CS(=O)(=O)NCCCCc1ccc(N2C(=O)[C@H](CC[C@H](O)c3ccc(F)cc3)[C@H]2c2ccc(CCCCCCO)cc2)cc1. The molecule has 1 aliphatic heterocycles. The molecule has 9 heteroatoms. The van der Waals surface area contributed by atoms with Gasteiger partial charge in [-0.2, -0.15) is 0 Å². The van der Waals surface area contributed by atoms with Crippen LogP contribution < -0.4 is 9.62 Å². The molecule has 0 bridgehead atoms. The van der Waals surface area contributed by atoms with Gasteiger partial charge in [-0.3, -0.25) is 4.79 Å². The third-order valence-electron chi connectivity index (χ3n) is 8.39. The molecule has 1 saturated heterocycles. The van der Waals surface area contributed by atoms with E-state index in [0.717, 1.165) is 74.4 Å². The van der Waals surface area contributed by atoms with Crippen molar-refractivity contribution in [3.8, 4) is 0 Å². The van der Waals surface area contributed by atoms with Crippen LogP contribution in [0.25, 0.3) is 0 Å². The first kappa shape index (κ1) is 33.8. The van der Waals surface area contributed by atoms with E-state index in [1.807, 2.05) is 29.2 Å². The van der Waals surface area contributed by atoms with E-state index < -0.39 is 16.1 Å². The standard InChI is InChI=1S/C35H45FN2O5S/c1-44(42,43)37-24-6-5-9-27-12-20-31(21-13-27)38-34(29-14-10-26(11-15-29)8-4-2-3-7-25-39)32(35(38)41)22-23-33(40)28-16-18-30(36)19-17-28/h10-21,32-34,37,39-40H,2-9,22-25H2,1H3/t32-,33+,34-/m1/s1. The Labute approximate surface area is 261 Å². The first-order valence-corrected chi connectivity index (χ1v) is 17.6. The molecule has 1 aliphatic rings. The number of halogens is 1. The molecule has 238 valence electrons. The van der Waals surface area contributed by atoms with Crippen molar-refractivity contribution < 1.29 is 27.8 Å². The number of benzene rings is 3. The van der Waals surface area contributed by atoms with Crippen LogP contribution in [0.1, 0.15) is 85.8 Å². The van der Waals surface area contributed by atoms with Crippen molar-refractivity contribution in [2.75, 3.05) is 24.3 Å². The fourth-order valence-corrected chi connectivity index (χ4v) is 6.41. The smallest absolute Gasteiger partial charge is 0.233 e. The van der Waals surface area contributed by atoms with E-state index in [0.29, 0.717) is 24.9 Å². The lowest BCUT2D eigenvalue weighted by molar-refractivity contribution is -0.131. The van der Waals surface area contributed by atoms with Crippen LogP contribution in [-0.2, 0) is 27.7 Å². The second-order valence-electron chi connectivity index (χ2n) is 11.8. The van der Waals surface area contributed by atoms with E-state index in [9.17, 15) is 22.7 Å². The number of sulfonamides is 1. The number of carbonyl (C=O) groups is 1. The van der Waals surface area contributed by atoms with E-state index in [2.05, 4.69) is 29.0 Å². The number of unbranched alkanes of at least 4 members (excludes halogenated alkanes) is 4. The highest BCUT2D eigenvalue weighted by Gasteiger charge is 2.48. The number of hydrogen-bond donors (Lipinski definition) is 3. The number of carbonyl (C=O) groups excluding carboxylic acids is 1. The Hall–Kier alpha value is -3.11. The van der Waals surface area contributed by atoms with Gasteiger partial charge < -0.3 is 15.1 Å². The van der Waals surface area contributed by atoms with E-state index in [-0.39, 0.29) is 30.3 Å². The summed E-state index contributed by atoms with van der Waals surface area (Å²) >= 11 is 0. The van der Waals surface area contributed by atoms with Crippen molar-refractivity contribution in [2.45, 2.75) is 76.4 Å². The number of aliphatic hydroxyl groups is 2. The maximum Gasteiger partial charge on any atom is 0.233 e. The van der Waals surface area contributed by atoms with Crippen molar-refractivity contribution in [1.82, 2.24) is 4.72 Å². The summed E-state index contributed by atoms with van der Waals surface area (Å²) in [6.07, 6.45) is 8.67. The fourth-order valence-electron chi connectivity index (χ4n) is 5.90. The molecule has 3 atom stereocenters. The predicted octanol–water partition coefficient (Wildman–Crippen LogP) is 6.01. The van der Waals surface area contributed by atoms with E-state index in [1.54, 1.807) is 12.1 Å². The Balaban J connectivity index is 1.43. The van der Waals surface area contributed by atoms with Gasteiger partial charge in [0.25, 0.3) is 0 Å². The van der Waals surface area contributed by atoms with Gasteiger partial charge in [-0.05, 0) is 97.9 Å². The first-order valence-electron chi connectivity index (χ1n) is 15.7. The topological polar surface area (TPSA) is 107 Å². The Bertz CT molecular complexity index is 1430. The second-order valence-corrected chi connectivity index (χ2v) is 13.7. The number of β-lactam (4-membered cyclic amide) rings is 1. The molecular formula is C35H45FN2O5S. The molecule has 0 spiro atoms. The van der Waals surface area contributed by atoms with Crippen molar-refractivity contribution >= 4 is 21.6 Å². The number of nitrogens with one attached hydrogen (secondary N) is 1. The fraction of sp³-hybridized carbons (Fsp3) is 0.457. The molecule has 1 fully saturated rings. The maximum absolute atomic E-state index is 13.6. The van der Waals surface area contributed by atoms with Crippen LogP contribution in [0.2, 0.25) is 0 Å². The number of hydrogen-bond acceptors (Lipinski definition) is 5. The van der Waals surface area contributed by atoms with Gasteiger partial charge in [-0.1, -0.05) is 61.4 Å². The van der Waals surface area contributed by atoms with Crippen LogP contribution in [0.4, 0.5) is 10.1 Å².